The number of amides is 1. The third-order valence-electron chi connectivity index (χ3n) is 4.86. The van der Waals surface area contributed by atoms with Gasteiger partial charge >= 0.3 is 0 Å². The van der Waals surface area contributed by atoms with Crippen LogP contribution in [0.1, 0.15) is 17.6 Å². The second-order valence-electron chi connectivity index (χ2n) is 7.02. The summed E-state index contributed by atoms with van der Waals surface area (Å²) < 4.78 is 28.6. The standard InChI is InChI=1S/C24H15F2N3OS2/c1-14(30)29(20-9-7-16(25)12-19(20)26)24-27-17(13-31-24)8-11-22-28-23-18-5-3-2-4-15(18)6-10-21(23)32-22/h2-13H,1H3/b11-8+. The number of aromatic nitrogens is 2. The Hall–Kier alpha value is -3.49. The molecule has 0 spiro atoms. The van der Waals surface area contributed by atoms with E-state index < -0.39 is 17.5 Å². The van der Waals surface area contributed by atoms with Crippen LogP contribution in [0.15, 0.2) is 60.0 Å². The molecular formula is C24H15F2N3OS2. The van der Waals surface area contributed by atoms with Crippen LogP contribution in [0.3, 0.4) is 0 Å². The zero-order valence-corrected chi connectivity index (χ0v) is 18.4. The maximum atomic E-state index is 14.3. The summed E-state index contributed by atoms with van der Waals surface area (Å²) in [5.74, 6) is -1.95. The highest BCUT2D eigenvalue weighted by Crippen LogP contribution is 2.33. The van der Waals surface area contributed by atoms with E-state index in [4.69, 9.17) is 4.98 Å². The molecule has 0 N–H and O–H groups in total. The van der Waals surface area contributed by atoms with Gasteiger partial charge in [-0.25, -0.2) is 18.7 Å². The molecule has 4 nitrogen and oxygen atoms in total. The van der Waals surface area contributed by atoms with E-state index in [-0.39, 0.29) is 5.69 Å². The summed E-state index contributed by atoms with van der Waals surface area (Å²) >= 11 is 2.78. The Morgan fingerprint density at radius 1 is 1.03 bits per heavy atom. The fraction of sp³-hybridized carbons (Fsp3) is 0.0417. The molecular weight excluding hydrogens is 448 g/mol. The SMILES string of the molecule is CC(=O)N(c1nc(/C=C/c2nc3c(ccc4ccccc43)s2)cs1)c1ccc(F)cc1F. The molecule has 5 aromatic rings. The Balaban J connectivity index is 1.45. The molecule has 0 aliphatic heterocycles. The van der Waals surface area contributed by atoms with E-state index in [2.05, 4.69) is 29.2 Å². The molecule has 2 heterocycles. The van der Waals surface area contributed by atoms with E-state index in [1.165, 1.54) is 24.3 Å². The molecule has 0 bridgehead atoms. The molecule has 3 aromatic carbocycles. The number of hydrogen-bond donors (Lipinski definition) is 0. The fourth-order valence-electron chi connectivity index (χ4n) is 3.43. The van der Waals surface area contributed by atoms with Crippen LogP contribution in [0.4, 0.5) is 19.6 Å². The van der Waals surface area contributed by atoms with E-state index in [1.54, 1.807) is 22.8 Å². The van der Waals surface area contributed by atoms with Crippen LogP contribution in [0.2, 0.25) is 0 Å². The number of halogens is 2. The third kappa shape index (κ3) is 3.79. The van der Waals surface area contributed by atoms with E-state index in [9.17, 15) is 13.6 Å². The van der Waals surface area contributed by atoms with Gasteiger partial charge in [-0.05, 0) is 35.7 Å². The molecule has 2 aromatic heterocycles. The number of rotatable bonds is 4. The Kier molecular flexibility index (Phi) is 5.24. The average molecular weight is 464 g/mol. The topological polar surface area (TPSA) is 46.1 Å². The van der Waals surface area contributed by atoms with Crippen LogP contribution in [0.5, 0.6) is 0 Å². The normalized spacial score (nSPS) is 11.6. The van der Waals surface area contributed by atoms with Crippen LogP contribution in [-0.2, 0) is 4.79 Å². The van der Waals surface area contributed by atoms with E-state index in [0.29, 0.717) is 10.8 Å². The third-order valence-corrected chi connectivity index (χ3v) is 6.69. The van der Waals surface area contributed by atoms with Crippen LogP contribution in [0, 0.1) is 11.6 Å². The first kappa shape index (κ1) is 20.4. The van der Waals surface area contributed by atoms with Gasteiger partial charge in [0.25, 0.3) is 0 Å². The van der Waals surface area contributed by atoms with Crippen molar-refractivity contribution in [2.75, 3.05) is 4.90 Å². The van der Waals surface area contributed by atoms with Gasteiger partial charge in [0, 0.05) is 23.8 Å². The fourth-order valence-corrected chi connectivity index (χ4v) is 5.17. The van der Waals surface area contributed by atoms with Gasteiger partial charge in [-0.15, -0.1) is 22.7 Å². The number of thiazole rings is 2. The summed E-state index contributed by atoms with van der Waals surface area (Å²) in [7, 11) is 0. The largest absolute Gasteiger partial charge is 0.274 e. The van der Waals surface area contributed by atoms with Crippen molar-refractivity contribution in [1.82, 2.24) is 9.97 Å². The van der Waals surface area contributed by atoms with Crippen molar-refractivity contribution in [3.63, 3.8) is 0 Å². The van der Waals surface area contributed by atoms with Gasteiger partial charge in [0.05, 0.1) is 21.6 Å². The van der Waals surface area contributed by atoms with Crippen LogP contribution >= 0.6 is 22.7 Å². The molecule has 8 heteroatoms. The van der Waals surface area contributed by atoms with Crippen molar-refractivity contribution in [2.45, 2.75) is 6.92 Å². The van der Waals surface area contributed by atoms with Crippen molar-refractivity contribution < 1.29 is 13.6 Å². The van der Waals surface area contributed by atoms with Crippen molar-refractivity contribution in [2.24, 2.45) is 0 Å². The number of anilines is 2. The Morgan fingerprint density at radius 3 is 2.69 bits per heavy atom. The predicted molar refractivity (Wildman–Crippen MR) is 127 cm³/mol. The molecule has 0 aliphatic carbocycles. The number of hydrogen-bond acceptors (Lipinski definition) is 5. The summed E-state index contributed by atoms with van der Waals surface area (Å²) in [5.41, 5.74) is 1.53. The quantitative estimate of drug-likeness (QED) is 0.287. The van der Waals surface area contributed by atoms with Crippen molar-refractivity contribution in [3.05, 3.63) is 82.3 Å². The maximum absolute atomic E-state index is 14.3. The van der Waals surface area contributed by atoms with Gasteiger partial charge in [0.1, 0.15) is 16.6 Å². The maximum Gasteiger partial charge on any atom is 0.230 e. The van der Waals surface area contributed by atoms with Gasteiger partial charge in [0.2, 0.25) is 5.91 Å². The molecule has 0 aliphatic rings. The van der Waals surface area contributed by atoms with Crippen molar-refractivity contribution >= 4 is 72.5 Å². The van der Waals surface area contributed by atoms with Gasteiger partial charge in [-0.3, -0.25) is 9.69 Å². The molecule has 0 saturated heterocycles. The first-order valence-corrected chi connectivity index (χ1v) is 11.4. The molecule has 0 saturated carbocycles. The summed E-state index contributed by atoms with van der Waals surface area (Å²) in [6.07, 6.45) is 3.67. The molecule has 158 valence electrons. The first-order chi connectivity index (χ1) is 15.5. The minimum Gasteiger partial charge on any atom is -0.274 e. The predicted octanol–water partition coefficient (Wildman–Crippen LogP) is 7.04. The molecule has 0 radical (unpaired) electrons. The van der Waals surface area contributed by atoms with Gasteiger partial charge < -0.3 is 0 Å². The van der Waals surface area contributed by atoms with Crippen LogP contribution in [-0.4, -0.2) is 15.9 Å². The first-order valence-electron chi connectivity index (χ1n) is 9.67. The van der Waals surface area contributed by atoms with Gasteiger partial charge in [-0.2, -0.15) is 0 Å². The Bertz CT molecular complexity index is 1510. The summed E-state index contributed by atoms with van der Waals surface area (Å²) in [5, 5.41) is 5.15. The molecule has 5 rings (SSSR count). The van der Waals surface area contributed by atoms with Gasteiger partial charge in [-0.1, -0.05) is 30.3 Å². The molecule has 0 fully saturated rings. The molecule has 0 unspecified atom stereocenters. The highest BCUT2D eigenvalue weighted by Gasteiger charge is 2.21. The lowest BCUT2D eigenvalue weighted by Gasteiger charge is -2.18. The number of carbonyl (C=O) groups excluding carboxylic acids is 1. The smallest absolute Gasteiger partial charge is 0.230 e. The lowest BCUT2D eigenvalue weighted by Crippen LogP contribution is -2.23. The summed E-state index contributed by atoms with van der Waals surface area (Å²) in [6, 6.07) is 15.4. The number of nitrogens with zero attached hydrogens (tertiary/aromatic N) is 3. The minimum atomic E-state index is -0.825. The Labute approximate surface area is 190 Å². The highest BCUT2D eigenvalue weighted by atomic mass is 32.1. The number of benzene rings is 3. The molecule has 32 heavy (non-hydrogen) atoms. The highest BCUT2D eigenvalue weighted by molar-refractivity contribution is 7.19. The average Bonchev–Trinajstić information content (AvgIpc) is 3.41. The van der Waals surface area contributed by atoms with Crippen molar-refractivity contribution in [1.29, 1.82) is 0 Å². The van der Waals surface area contributed by atoms with E-state index >= 15 is 0 Å². The Morgan fingerprint density at radius 2 is 1.88 bits per heavy atom. The van der Waals surface area contributed by atoms with E-state index in [0.717, 1.165) is 43.0 Å². The van der Waals surface area contributed by atoms with Crippen molar-refractivity contribution in [3.8, 4) is 0 Å². The molecule has 0 atom stereocenters. The lowest BCUT2D eigenvalue weighted by atomic mass is 10.1. The lowest BCUT2D eigenvalue weighted by molar-refractivity contribution is -0.115. The monoisotopic (exact) mass is 463 g/mol. The number of fused-ring (bicyclic) bond motifs is 3. The van der Waals surface area contributed by atoms with Crippen LogP contribution in [0.25, 0.3) is 33.1 Å². The van der Waals surface area contributed by atoms with E-state index in [1.807, 2.05) is 18.2 Å². The summed E-state index contributed by atoms with van der Waals surface area (Å²) in [6.45, 7) is 1.31. The second-order valence-corrected chi connectivity index (χ2v) is 8.92. The zero-order chi connectivity index (χ0) is 22.2. The summed E-state index contributed by atoms with van der Waals surface area (Å²) in [4.78, 5) is 22.5. The second kappa shape index (κ2) is 8.22. The number of carbonyl (C=O) groups is 1. The van der Waals surface area contributed by atoms with Crippen LogP contribution < -0.4 is 4.90 Å². The van der Waals surface area contributed by atoms with Gasteiger partial charge in [0.15, 0.2) is 5.13 Å². The zero-order valence-electron chi connectivity index (χ0n) is 16.8. The minimum absolute atomic E-state index is 0.0400. The molecule has 1 amide bonds.